The SMILES string of the molecule is O=C(NCc1cccnc1)c1nc(-c2nc(-c3cccnc3)no2)cs1. The largest absolute Gasteiger partial charge is 0.346 e. The zero-order valence-electron chi connectivity index (χ0n) is 13.4. The third kappa shape index (κ3) is 3.47. The molecule has 26 heavy (non-hydrogen) atoms. The van der Waals surface area contributed by atoms with Crippen LogP contribution in [0.5, 0.6) is 0 Å². The van der Waals surface area contributed by atoms with Gasteiger partial charge >= 0.3 is 0 Å². The van der Waals surface area contributed by atoms with Crippen LogP contribution in [0.25, 0.3) is 23.0 Å². The van der Waals surface area contributed by atoms with Gasteiger partial charge in [0.1, 0.15) is 5.69 Å². The Kier molecular flexibility index (Phi) is 4.44. The summed E-state index contributed by atoms with van der Waals surface area (Å²) >= 11 is 1.21. The minimum atomic E-state index is -0.267. The van der Waals surface area contributed by atoms with Crippen molar-refractivity contribution in [2.24, 2.45) is 0 Å². The maximum Gasteiger partial charge on any atom is 0.280 e. The molecule has 0 atom stereocenters. The van der Waals surface area contributed by atoms with Crippen LogP contribution in [0, 0.1) is 0 Å². The van der Waals surface area contributed by atoms with E-state index in [-0.39, 0.29) is 11.8 Å². The lowest BCUT2D eigenvalue weighted by Gasteiger charge is -2.01. The van der Waals surface area contributed by atoms with Crippen LogP contribution in [0.4, 0.5) is 0 Å². The summed E-state index contributed by atoms with van der Waals surface area (Å²) in [6.45, 7) is 0.382. The molecule has 0 aromatic carbocycles. The highest BCUT2D eigenvalue weighted by Gasteiger charge is 2.17. The second-order valence-corrected chi connectivity index (χ2v) is 6.10. The summed E-state index contributed by atoms with van der Waals surface area (Å²) in [7, 11) is 0. The van der Waals surface area contributed by atoms with Crippen molar-refractivity contribution >= 4 is 17.2 Å². The molecule has 128 valence electrons. The first-order valence-corrected chi connectivity index (χ1v) is 8.54. The predicted molar refractivity (Wildman–Crippen MR) is 94.0 cm³/mol. The number of carbonyl (C=O) groups is 1. The standard InChI is InChI=1S/C17H12N6O2S/c24-15(20-8-11-3-1-5-18-7-11)17-21-13(10-26-17)16-22-14(23-25-16)12-4-2-6-19-9-12/h1-7,9-10H,8H2,(H,20,24). The molecule has 0 saturated carbocycles. The zero-order valence-corrected chi connectivity index (χ0v) is 14.2. The van der Waals surface area contributed by atoms with Gasteiger partial charge in [-0.05, 0) is 23.8 Å². The van der Waals surface area contributed by atoms with Crippen molar-refractivity contribution < 1.29 is 9.32 Å². The molecular formula is C17H12N6O2S. The topological polar surface area (TPSA) is 107 Å². The molecule has 4 aromatic heterocycles. The van der Waals surface area contributed by atoms with Crippen LogP contribution < -0.4 is 5.32 Å². The Bertz CT molecular complexity index is 1020. The van der Waals surface area contributed by atoms with Crippen molar-refractivity contribution in [1.82, 2.24) is 30.4 Å². The normalized spacial score (nSPS) is 10.6. The van der Waals surface area contributed by atoms with E-state index < -0.39 is 0 Å². The van der Waals surface area contributed by atoms with Crippen molar-refractivity contribution in [3.05, 3.63) is 65.0 Å². The number of rotatable bonds is 5. The van der Waals surface area contributed by atoms with E-state index in [9.17, 15) is 4.79 Å². The van der Waals surface area contributed by atoms with Crippen LogP contribution in [0.2, 0.25) is 0 Å². The molecule has 0 spiro atoms. The fourth-order valence-corrected chi connectivity index (χ4v) is 2.88. The average Bonchev–Trinajstić information content (AvgIpc) is 3.37. The van der Waals surface area contributed by atoms with Crippen molar-refractivity contribution in [2.75, 3.05) is 0 Å². The second-order valence-electron chi connectivity index (χ2n) is 5.25. The van der Waals surface area contributed by atoms with Gasteiger partial charge in [0.05, 0.1) is 0 Å². The highest BCUT2D eigenvalue weighted by Crippen LogP contribution is 2.23. The first-order chi connectivity index (χ1) is 12.8. The van der Waals surface area contributed by atoms with Gasteiger partial charge in [-0.3, -0.25) is 14.8 Å². The molecule has 4 aromatic rings. The summed E-state index contributed by atoms with van der Waals surface area (Å²) in [4.78, 5) is 28.8. The molecule has 0 unspecified atom stereocenters. The van der Waals surface area contributed by atoms with E-state index >= 15 is 0 Å². The molecule has 1 amide bonds. The number of nitrogens with one attached hydrogen (secondary N) is 1. The first kappa shape index (κ1) is 16.0. The Hall–Kier alpha value is -3.46. The summed E-state index contributed by atoms with van der Waals surface area (Å²) in [5, 5.41) is 8.76. The predicted octanol–water partition coefficient (Wildman–Crippen LogP) is 2.58. The fourth-order valence-electron chi connectivity index (χ4n) is 2.18. The molecule has 4 heterocycles. The highest BCUT2D eigenvalue weighted by atomic mass is 32.1. The number of nitrogens with zero attached hydrogens (tertiary/aromatic N) is 5. The van der Waals surface area contributed by atoms with Gasteiger partial charge in [-0.25, -0.2) is 4.98 Å². The van der Waals surface area contributed by atoms with Crippen LogP contribution >= 0.6 is 11.3 Å². The molecule has 1 N–H and O–H groups in total. The first-order valence-electron chi connectivity index (χ1n) is 7.67. The Balaban J connectivity index is 1.46. The van der Waals surface area contributed by atoms with E-state index in [4.69, 9.17) is 4.52 Å². The van der Waals surface area contributed by atoms with Crippen LogP contribution in [-0.2, 0) is 6.54 Å². The summed E-state index contributed by atoms with van der Waals surface area (Å²) in [6, 6.07) is 7.33. The average molecular weight is 364 g/mol. The van der Waals surface area contributed by atoms with Crippen LogP contribution in [0.15, 0.2) is 59.0 Å². The number of hydrogen-bond donors (Lipinski definition) is 1. The zero-order chi connectivity index (χ0) is 17.8. The smallest absolute Gasteiger partial charge is 0.280 e. The minimum absolute atomic E-state index is 0.256. The molecular weight excluding hydrogens is 352 g/mol. The quantitative estimate of drug-likeness (QED) is 0.580. The molecule has 0 aliphatic rings. The maximum atomic E-state index is 12.2. The van der Waals surface area contributed by atoms with Crippen molar-refractivity contribution in [1.29, 1.82) is 0 Å². The van der Waals surface area contributed by atoms with E-state index in [0.717, 1.165) is 11.1 Å². The molecule has 0 saturated heterocycles. The molecule has 4 rings (SSSR count). The third-order valence-corrected chi connectivity index (χ3v) is 4.28. The number of amides is 1. The van der Waals surface area contributed by atoms with Gasteiger partial charge in [-0.2, -0.15) is 4.98 Å². The van der Waals surface area contributed by atoms with Gasteiger partial charge in [-0.15, -0.1) is 11.3 Å². The Labute approximate surface area is 152 Å². The fraction of sp³-hybridized carbons (Fsp3) is 0.0588. The van der Waals surface area contributed by atoms with E-state index in [1.165, 1.54) is 11.3 Å². The number of carbonyl (C=O) groups excluding carboxylic acids is 1. The van der Waals surface area contributed by atoms with Gasteiger partial charge in [0.2, 0.25) is 5.82 Å². The summed E-state index contributed by atoms with van der Waals surface area (Å²) in [5.74, 6) is 0.409. The number of hydrogen-bond acceptors (Lipinski definition) is 8. The van der Waals surface area contributed by atoms with E-state index in [2.05, 4.69) is 30.4 Å². The maximum absolute atomic E-state index is 12.2. The minimum Gasteiger partial charge on any atom is -0.346 e. The van der Waals surface area contributed by atoms with Crippen LogP contribution in [0.3, 0.4) is 0 Å². The summed E-state index contributed by atoms with van der Waals surface area (Å²) in [5.41, 5.74) is 2.12. The van der Waals surface area contributed by atoms with E-state index in [1.54, 1.807) is 36.2 Å². The van der Waals surface area contributed by atoms with Gasteiger partial charge in [0.25, 0.3) is 11.8 Å². The Morgan fingerprint density at radius 3 is 2.73 bits per heavy atom. The summed E-state index contributed by atoms with van der Waals surface area (Å²) in [6.07, 6.45) is 6.70. The van der Waals surface area contributed by atoms with Gasteiger partial charge < -0.3 is 9.84 Å². The highest BCUT2D eigenvalue weighted by molar-refractivity contribution is 7.12. The number of pyridine rings is 2. The van der Waals surface area contributed by atoms with E-state index in [0.29, 0.717) is 23.1 Å². The van der Waals surface area contributed by atoms with Crippen LogP contribution in [0.1, 0.15) is 15.4 Å². The van der Waals surface area contributed by atoms with E-state index in [1.807, 2.05) is 18.2 Å². The van der Waals surface area contributed by atoms with Crippen LogP contribution in [-0.4, -0.2) is 31.0 Å². The van der Waals surface area contributed by atoms with Gasteiger partial charge in [0, 0.05) is 42.3 Å². The molecule has 9 heteroatoms. The Morgan fingerprint density at radius 1 is 1.12 bits per heavy atom. The van der Waals surface area contributed by atoms with Crippen molar-refractivity contribution in [2.45, 2.75) is 6.54 Å². The molecule has 0 radical (unpaired) electrons. The lowest BCUT2D eigenvalue weighted by Crippen LogP contribution is -2.22. The summed E-state index contributed by atoms with van der Waals surface area (Å²) < 4.78 is 5.24. The molecule has 0 bridgehead atoms. The third-order valence-electron chi connectivity index (χ3n) is 3.44. The molecule has 0 aliphatic carbocycles. The number of thiazole rings is 1. The van der Waals surface area contributed by atoms with Crippen molar-refractivity contribution in [3.63, 3.8) is 0 Å². The van der Waals surface area contributed by atoms with Gasteiger partial charge in [0.15, 0.2) is 5.01 Å². The second kappa shape index (κ2) is 7.19. The van der Waals surface area contributed by atoms with Crippen molar-refractivity contribution in [3.8, 4) is 23.0 Å². The number of aromatic nitrogens is 5. The lowest BCUT2D eigenvalue weighted by atomic mass is 10.3. The molecule has 0 aliphatic heterocycles. The van der Waals surface area contributed by atoms with Gasteiger partial charge in [-0.1, -0.05) is 11.2 Å². The Morgan fingerprint density at radius 2 is 1.96 bits per heavy atom. The monoisotopic (exact) mass is 364 g/mol. The molecule has 8 nitrogen and oxygen atoms in total. The lowest BCUT2D eigenvalue weighted by molar-refractivity contribution is 0.0950. The molecule has 0 fully saturated rings.